The molecule has 8 heteroatoms. The van der Waals surface area contributed by atoms with E-state index >= 15 is 0 Å². The highest BCUT2D eigenvalue weighted by Crippen LogP contribution is 2.22. The summed E-state index contributed by atoms with van der Waals surface area (Å²) in [6.45, 7) is 7.24. The van der Waals surface area contributed by atoms with Gasteiger partial charge in [0.05, 0.1) is 10.7 Å². The maximum absolute atomic E-state index is 12.6. The zero-order valence-electron chi connectivity index (χ0n) is 16.7. The lowest BCUT2D eigenvalue weighted by Crippen LogP contribution is -2.27. The van der Waals surface area contributed by atoms with Crippen LogP contribution in [0, 0.1) is 12.3 Å². The van der Waals surface area contributed by atoms with Crippen LogP contribution in [0.25, 0.3) is 5.69 Å². The van der Waals surface area contributed by atoms with Gasteiger partial charge in [0.1, 0.15) is 5.82 Å². The first-order valence-electron chi connectivity index (χ1n) is 9.06. The predicted molar refractivity (Wildman–Crippen MR) is 114 cm³/mol. The molecular formula is C21H22ClN5O2. The van der Waals surface area contributed by atoms with Crippen LogP contribution in [-0.2, 0) is 4.79 Å². The number of benzene rings is 2. The number of halogens is 1. The average Bonchev–Trinajstić information content (AvgIpc) is 3.03. The molecule has 2 aromatic carbocycles. The predicted octanol–water partition coefficient (Wildman–Crippen LogP) is 4.47. The summed E-state index contributed by atoms with van der Waals surface area (Å²) in [5.74, 6) is -0.0176. The Morgan fingerprint density at radius 1 is 1.00 bits per heavy atom. The number of nitrogens with one attached hydrogen (secondary N) is 2. The zero-order valence-corrected chi connectivity index (χ0v) is 17.4. The number of hydrogen-bond acceptors (Lipinski definition) is 4. The van der Waals surface area contributed by atoms with Gasteiger partial charge in [0.15, 0.2) is 0 Å². The molecule has 29 heavy (non-hydrogen) atoms. The van der Waals surface area contributed by atoms with E-state index in [2.05, 4.69) is 20.7 Å². The number of carbonyl (C=O) groups excluding carboxylic acids is 2. The van der Waals surface area contributed by atoms with Crippen molar-refractivity contribution in [3.8, 4) is 5.69 Å². The number of rotatable bonds is 4. The number of amides is 2. The molecule has 2 N–H and O–H groups in total. The van der Waals surface area contributed by atoms with Gasteiger partial charge in [-0.05, 0) is 37.3 Å². The fraction of sp³-hybridized carbons (Fsp3) is 0.238. The minimum Gasteiger partial charge on any atom is -0.326 e. The molecule has 2 amide bonds. The molecule has 0 spiro atoms. The molecule has 0 bridgehead atoms. The Morgan fingerprint density at radius 3 is 2.31 bits per heavy atom. The van der Waals surface area contributed by atoms with Crippen LogP contribution in [0.1, 0.15) is 37.2 Å². The molecule has 0 aliphatic carbocycles. The van der Waals surface area contributed by atoms with Crippen molar-refractivity contribution >= 4 is 34.8 Å². The lowest BCUT2D eigenvalue weighted by atomic mass is 9.95. The third-order valence-corrected chi connectivity index (χ3v) is 4.43. The van der Waals surface area contributed by atoms with Crippen LogP contribution in [-0.4, -0.2) is 26.6 Å². The highest BCUT2D eigenvalue weighted by atomic mass is 35.5. The van der Waals surface area contributed by atoms with Crippen molar-refractivity contribution in [2.75, 3.05) is 10.6 Å². The van der Waals surface area contributed by atoms with Crippen LogP contribution in [0.3, 0.4) is 0 Å². The van der Waals surface area contributed by atoms with E-state index in [9.17, 15) is 9.59 Å². The fourth-order valence-corrected chi connectivity index (χ4v) is 2.73. The first-order chi connectivity index (χ1) is 13.6. The summed E-state index contributed by atoms with van der Waals surface area (Å²) in [6.07, 6.45) is 0. The van der Waals surface area contributed by atoms with Crippen molar-refractivity contribution in [3.05, 3.63) is 65.2 Å². The van der Waals surface area contributed by atoms with E-state index in [-0.39, 0.29) is 11.7 Å². The minimum atomic E-state index is -0.522. The van der Waals surface area contributed by atoms with E-state index in [1.165, 1.54) is 4.68 Å². The second-order valence-electron chi connectivity index (χ2n) is 7.58. The maximum Gasteiger partial charge on any atom is 0.295 e. The van der Waals surface area contributed by atoms with Crippen LogP contribution < -0.4 is 10.6 Å². The van der Waals surface area contributed by atoms with E-state index in [4.69, 9.17) is 11.6 Å². The molecule has 3 aromatic rings. The molecule has 7 nitrogen and oxygen atoms in total. The normalized spacial score (nSPS) is 11.2. The fourth-order valence-electron chi connectivity index (χ4n) is 2.52. The van der Waals surface area contributed by atoms with Crippen molar-refractivity contribution in [2.45, 2.75) is 27.7 Å². The molecular weight excluding hydrogens is 390 g/mol. The summed E-state index contributed by atoms with van der Waals surface area (Å²) in [5, 5.41) is 10.4. The number of para-hydroxylation sites is 1. The van der Waals surface area contributed by atoms with Gasteiger partial charge >= 0.3 is 0 Å². The standard InChI is InChI=1S/C21H22ClN5O2/c1-13-23-18(26-27(13)17-11-6-5-10-16(17)22)19(28)24-14-8-7-9-15(12-14)25-20(29)21(2,3)4/h5-12H,1-4H3,(H,24,28)(H,25,29). The lowest BCUT2D eigenvalue weighted by molar-refractivity contribution is -0.123. The van der Waals surface area contributed by atoms with E-state index < -0.39 is 11.3 Å². The van der Waals surface area contributed by atoms with E-state index in [1.807, 2.05) is 32.9 Å². The van der Waals surface area contributed by atoms with Gasteiger partial charge in [0.2, 0.25) is 11.7 Å². The molecule has 0 aliphatic heterocycles. The van der Waals surface area contributed by atoms with Gasteiger partial charge in [-0.25, -0.2) is 9.67 Å². The van der Waals surface area contributed by atoms with Gasteiger partial charge in [-0.3, -0.25) is 9.59 Å². The molecule has 1 heterocycles. The molecule has 1 aromatic heterocycles. The lowest BCUT2D eigenvalue weighted by Gasteiger charge is -2.18. The molecule has 0 atom stereocenters. The summed E-state index contributed by atoms with van der Waals surface area (Å²) in [7, 11) is 0. The average molecular weight is 412 g/mol. The number of hydrogen-bond donors (Lipinski definition) is 2. The number of anilines is 2. The summed E-state index contributed by atoms with van der Waals surface area (Å²) in [4.78, 5) is 29.0. The van der Waals surface area contributed by atoms with Gasteiger partial charge in [-0.2, -0.15) is 0 Å². The van der Waals surface area contributed by atoms with Crippen LogP contribution in [0.4, 0.5) is 11.4 Å². The Kier molecular flexibility index (Phi) is 5.70. The first kappa shape index (κ1) is 20.5. The Hall–Kier alpha value is -3.19. The van der Waals surface area contributed by atoms with Crippen molar-refractivity contribution < 1.29 is 9.59 Å². The molecule has 0 unspecified atom stereocenters. The van der Waals surface area contributed by atoms with E-state index in [1.54, 1.807) is 43.3 Å². The molecule has 0 saturated carbocycles. The van der Waals surface area contributed by atoms with Crippen LogP contribution in [0.15, 0.2) is 48.5 Å². The molecule has 150 valence electrons. The molecule has 0 radical (unpaired) electrons. The Bertz CT molecular complexity index is 1070. The van der Waals surface area contributed by atoms with Gasteiger partial charge in [-0.15, -0.1) is 5.10 Å². The smallest absolute Gasteiger partial charge is 0.295 e. The Morgan fingerprint density at radius 2 is 1.66 bits per heavy atom. The van der Waals surface area contributed by atoms with Crippen LogP contribution in [0.2, 0.25) is 5.02 Å². The highest BCUT2D eigenvalue weighted by molar-refractivity contribution is 6.32. The van der Waals surface area contributed by atoms with E-state index in [0.29, 0.717) is 27.9 Å². The van der Waals surface area contributed by atoms with Gasteiger partial charge in [0, 0.05) is 16.8 Å². The largest absolute Gasteiger partial charge is 0.326 e. The zero-order chi connectivity index (χ0) is 21.2. The Balaban J connectivity index is 1.78. The molecule has 0 saturated heterocycles. The molecule has 0 aliphatic rings. The highest BCUT2D eigenvalue weighted by Gasteiger charge is 2.21. The monoisotopic (exact) mass is 411 g/mol. The topological polar surface area (TPSA) is 88.9 Å². The maximum atomic E-state index is 12.6. The number of aryl methyl sites for hydroxylation is 1. The number of aromatic nitrogens is 3. The number of carbonyl (C=O) groups is 2. The van der Waals surface area contributed by atoms with Gasteiger partial charge in [-0.1, -0.05) is 50.6 Å². The second kappa shape index (κ2) is 8.05. The first-order valence-corrected chi connectivity index (χ1v) is 9.44. The summed E-state index contributed by atoms with van der Waals surface area (Å²) >= 11 is 6.22. The van der Waals surface area contributed by atoms with Crippen molar-refractivity contribution in [3.63, 3.8) is 0 Å². The Labute approximate surface area is 174 Å². The van der Waals surface area contributed by atoms with E-state index in [0.717, 1.165) is 0 Å². The van der Waals surface area contributed by atoms with Gasteiger partial charge < -0.3 is 10.6 Å². The molecule has 0 fully saturated rings. The third kappa shape index (κ3) is 4.81. The van der Waals surface area contributed by atoms with Crippen molar-refractivity contribution in [2.24, 2.45) is 5.41 Å². The number of nitrogens with zero attached hydrogens (tertiary/aromatic N) is 3. The van der Waals surface area contributed by atoms with Crippen LogP contribution in [0.5, 0.6) is 0 Å². The van der Waals surface area contributed by atoms with Crippen molar-refractivity contribution in [1.29, 1.82) is 0 Å². The SMILES string of the molecule is Cc1nc(C(=O)Nc2cccc(NC(=O)C(C)(C)C)c2)nn1-c1ccccc1Cl. The second-order valence-corrected chi connectivity index (χ2v) is 7.99. The van der Waals surface area contributed by atoms with Crippen LogP contribution >= 0.6 is 11.6 Å². The summed E-state index contributed by atoms with van der Waals surface area (Å²) in [6, 6.07) is 14.1. The summed E-state index contributed by atoms with van der Waals surface area (Å²) < 4.78 is 1.53. The summed E-state index contributed by atoms with van der Waals surface area (Å²) in [5.41, 5.74) is 1.23. The molecule has 3 rings (SSSR count). The van der Waals surface area contributed by atoms with Gasteiger partial charge in [0.25, 0.3) is 5.91 Å². The third-order valence-electron chi connectivity index (χ3n) is 4.11. The van der Waals surface area contributed by atoms with Crippen molar-refractivity contribution in [1.82, 2.24) is 14.8 Å². The minimum absolute atomic E-state index is 0.0200. The quantitative estimate of drug-likeness (QED) is 0.663.